The molecule has 0 aliphatic heterocycles. The number of fused-ring (bicyclic) bond motifs is 1. The monoisotopic (exact) mass is 378 g/mol. The normalized spacial score (nSPS) is 11.4. The molecule has 0 unspecified atom stereocenters. The van der Waals surface area contributed by atoms with Crippen LogP contribution in [-0.2, 0) is 11.8 Å². The Bertz CT molecular complexity index is 1250. The molecule has 2 aromatic carbocycles. The van der Waals surface area contributed by atoms with Crippen LogP contribution in [0.15, 0.2) is 63.9 Å². The number of aryl methyl sites for hydroxylation is 1. The molecule has 2 N–H and O–H groups in total. The highest BCUT2D eigenvalue weighted by Gasteiger charge is 2.10. The number of H-pyrrole nitrogens is 1. The molecule has 4 aromatic rings. The molecule has 1 amide bonds. The van der Waals surface area contributed by atoms with E-state index in [1.54, 1.807) is 54.3 Å². The van der Waals surface area contributed by atoms with Crippen LogP contribution in [0.4, 0.5) is 10.1 Å². The Morgan fingerprint density at radius 1 is 1.25 bits per heavy atom. The largest absolute Gasteiger partial charge is 0.417 e. The van der Waals surface area contributed by atoms with Gasteiger partial charge < -0.3 is 9.73 Å². The summed E-state index contributed by atoms with van der Waals surface area (Å²) in [5, 5.41) is 6.92. The average molecular weight is 378 g/mol. The van der Waals surface area contributed by atoms with E-state index < -0.39 is 5.76 Å². The zero-order valence-electron chi connectivity index (χ0n) is 14.8. The van der Waals surface area contributed by atoms with E-state index in [1.165, 1.54) is 18.2 Å². The summed E-state index contributed by atoms with van der Waals surface area (Å²) in [5.41, 5.74) is 3.68. The van der Waals surface area contributed by atoms with Crippen LogP contribution in [0.1, 0.15) is 5.56 Å². The molecule has 0 fully saturated rings. The van der Waals surface area contributed by atoms with E-state index in [4.69, 9.17) is 4.42 Å². The van der Waals surface area contributed by atoms with Crippen LogP contribution in [0.2, 0.25) is 0 Å². The summed E-state index contributed by atoms with van der Waals surface area (Å²) in [7, 11) is 1.77. The lowest BCUT2D eigenvalue weighted by atomic mass is 10.1. The fourth-order valence-electron chi connectivity index (χ4n) is 2.91. The summed E-state index contributed by atoms with van der Waals surface area (Å²) >= 11 is 0. The van der Waals surface area contributed by atoms with Crippen molar-refractivity contribution >= 4 is 28.8 Å². The maximum Gasteiger partial charge on any atom is 0.417 e. The molecule has 0 saturated heterocycles. The highest BCUT2D eigenvalue weighted by Crippen LogP contribution is 2.24. The van der Waals surface area contributed by atoms with Gasteiger partial charge in [0.05, 0.1) is 17.4 Å². The highest BCUT2D eigenvalue weighted by atomic mass is 19.1. The Morgan fingerprint density at radius 2 is 2.04 bits per heavy atom. The number of nitrogens with zero attached hydrogens (tertiary/aromatic N) is 2. The van der Waals surface area contributed by atoms with Gasteiger partial charge in [-0.1, -0.05) is 0 Å². The van der Waals surface area contributed by atoms with E-state index >= 15 is 0 Å². The van der Waals surface area contributed by atoms with Crippen LogP contribution in [0, 0.1) is 5.82 Å². The molecule has 0 aliphatic rings. The second-order valence-corrected chi connectivity index (χ2v) is 6.13. The van der Waals surface area contributed by atoms with Gasteiger partial charge in [-0.2, -0.15) is 5.10 Å². The molecular formula is C20H15FN4O3. The van der Waals surface area contributed by atoms with Gasteiger partial charge in [-0.15, -0.1) is 0 Å². The van der Waals surface area contributed by atoms with Crippen LogP contribution in [-0.4, -0.2) is 20.7 Å². The fourth-order valence-corrected chi connectivity index (χ4v) is 2.91. The number of aromatic amines is 1. The summed E-state index contributed by atoms with van der Waals surface area (Å²) in [4.78, 5) is 26.0. The predicted octanol–water partition coefficient (Wildman–Crippen LogP) is 3.31. The van der Waals surface area contributed by atoms with E-state index in [-0.39, 0.29) is 11.7 Å². The first-order chi connectivity index (χ1) is 13.5. The standard InChI is InChI=1S/C20H15FN4O3/c1-25-19(12-2-5-14(21)6-3-12)13(11-22-25)4-9-18(26)23-15-7-8-16-17(10-15)28-20(27)24-16/h2-11H,1H3,(H,23,26)(H,24,27). The number of amides is 1. The van der Waals surface area contributed by atoms with E-state index in [0.29, 0.717) is 16.8 Å². The van der Waals surface area contributed by atoms with Crippen LogP contribution >= 0.6 is 0 Å². The molecule has 4 rings (SSSR count). The molecule has 7 nitrogen and oxygen atoms in total. The molecular weight excluding hydrogens is 363 g/mol. The third-order valence-corrected chi connectivity index (χ3v) is 4.19. The lowest BCUT2D eigenvalue weighted by Crippen LogP contribution is -2.07. The summed E-state index contributed by atoms with van der Waals surface area (Å²) < 4.78 is 19.8. The Labute approximate surface area is 158 Å². The van der Waals surface area contributed by atoms with E-state index in [2.05, 4.69) is 15.4 Å². The summed E-state index contributed by atoms with van der Waals surface area (Å²) in [6, 6.07) is 10.9. The van der Waals surface area contributed by atoms with Crippen LogP contribution in [0.3, 0.4) is 0 Å². The van der Waals surface area contributed by atoms with E-state index in [0.717, 1.165) is 16.8 Å². The van der Waals surface area contributed by atoms with Gasteiger partial charge in [-0.3, -0.25) is 14.5 Å². The van der Waals surface area contributed by atoms with Crippen LogP contribution < -0.4 is 11.1 Å². The van der Waals surface area contributed by atoms with Gasteiger partial charge in [-0.05, 0) is 42.5 Å². The average Bonchev–Trinajstić information content (AvgIpc) is 3.22. The van der Waals surface area contributed by atoms with Gasteiger partial charge in [0.25, 0.3) is 0 Å². The molecule has 0 atom stereocenters. The molecule has 0 bridgehead atoms. The Kier molecular flexibility index (Phi) is 4.36. The van der Waals surface area contributed by atoms with Crippen molar-refractivity contribution in [2.75, 3.05) is 5.32 Å². The molecule has 0 spiro atoms. The molecule has 0 saturated carbocycles. The van der Waals surface area contributed by atoms with Crippen LogP contribution in [0.5, 0.6) is 0 Å². The lowest BCUT2D eigenvalue weighted by molar-refractivity contribution is -0.111. The number of oxazole rings is 1. The minimum Gasteiger partial charge on any atom is -0.408 e. The lowest BCUT2D eigenvalue weighted by Gasteiger charge is -2.04. The van der Waals surface area contributed by atoms with Crippen molar-refractivity contribution in [3.8, 4) is 11.3 Å². The second-order valence-electron chi connectivity index (χ2n) is 6.13. The van der Waals surface area contributed by atoms with Gasteiger partial charge in [0.2, 0.25) is 5.91 Å². The zero-order chi connectivity index (χ0) is 19.7. The van der Waals surface area contributed by atoms with Crippen molar-refractivity contribution in [3.63, 3.8) is 0 Å². The molecule has 2 heterocycles. The van der Waals surface area contributed by atoms with Crippen molar-refractivity contribution in [1.82, 2.24) is 14.8 Å². The summed E-state index contributed by atoms with van der Waals surface area (Å²) in [6.45, 7) is 0. The van der Waals surface area contributed by atoms with Crippen molar-refractivity contribution in [2.24, 2.45) is 7.05 Å². The van der Waals surface area contributed by atoms with Crippen molar-refractivity contribution < 1.29 is 13.6 Å². The van der Waals surface area contributed by atoms with Crippen LogP contribution in [0.25, 0.3) is 28.4 Å². The Morgan fingerprint density at radius 3 is 2.82 bits per heavy atom. The zero-order valence-corrected chi connectivity index (χ0v) is 14.8. The third kappa shape index (κ3) is 3.48. The van der Waals surface area contributed by atoms with Crippen molar-refractivity contribution in [3.05, 3.63) is 76.7 Å². The number of hydrogen-bond donors (Lipinski definition) is 2. The maximum atomic E-state index is 13.2. The molecule has 28 heavy (non-hydrogen) atoms. The van der Waals surface area contributed by atoms with Gasteiger partial charge in [0, 0.05) is 36.0 Å². The smallest absolute Gasteiger partial charge is 0.408 e. The minimum absolute atomic E-state index is 0.322. The van der Waals surface area contributed by atoms with E-state index in [9.17, 15) is 14.0 Å². The number of carbonyl (C=O) groups is 1. The first kappa shape index (κ1) is 17.5. The second kappa shape index (κ2) is 6.99. The van der Waals surface area contributed by atoms with Gasteiger partial charge in [-0.25, -0.2) is 9.18 Å². The topological polar surface area (TPSA) is 92.9 Å². The number of nitrogens with one attached hydrogen (secondary N) is 2. The summed E-state index contributed by atoms with van der Waals surface area (Å²) in [6.07, 6.45) is 4.64. The minimum atomic E-state index is -0.553. The number of benzene rings is 2. The molecule has 0 aliphatic carbocycles. The van der Waals surface area contributed by atoms with Gasteiger partial charge >= 0.3 is 5.76 Å². The number of aromatic nitrogens is 3. The number of rotatable bonds is 4. The molecule has 0 radical (unpaired) electrons. The van der Waals surface area contributed by atoms with Gasteiger partial charge in [0.1, 0.15) is 5.82 Å². The number of carbonyl (C=O) groups excluding carboxylic acids is 1. The van der Waals surface area contributed by atoms with Gasteiger partial charge in [0.15, 0.2) is 5.58 Å². The molecule has 2 aromatic heterocycles. The Balaban J connectivity index is 1.54. The maximum absolute atomic E-state index is 13.2. The number of hydrogen-bond acceptors (Lipinski definition) is 4. The third-order valence-electron chi connectivity index (χ3n) is 4.19. The first-order valence-corrected chi connectivity index (χ1v) is 8.39. The predicted molar refractivity (Wildman–Crippen MR) is 103 cm³/mol. The van der Waals surface area contributed by atoms with Crippen molar-refractivity contribution in [1.29, 1.82) is 0 Å². The fraction of sp³-hybridized carbons (Fsp3) is 0.0500. The highest BCUT2D eigenvalue weighted by molar-refractivity contribution is 6.03. The SMILES string of the molecule is Cn1ncc(C=CC(=O)Nc2ccc3[nH]c(=O)oc3c2)c1-c1ccc(F)cc1. The van der Waals surface area contributed by atoms with E-state index in [1.807, 2.05) is 0 Å². The number of halogens is 1. The molecule has 8 heteroatoms. The first-order valence-electron chi connectivity index (χ1n) is 8.39. The molecule has 140 valence electrons. The quantitative estimate of drug-likeness (QED) is 0.533. The number of anilines is 1. The van der Waals surface area contributed by atoms with Crippen molar-refractivity contribution in [2.45, 2.75) is 0 Å². The summed E-state index contributed by atoms with van der Waals surface area (Å²) in [5.74, 6) is -1.23. The Hall–Kier alpha value is -3.94.